The number of carboxylic acid groups (broad SMARTS) is 1. The molecule has 1 heterocycles. The minimum atomic E-state index is -4.31. The van der Waals surface area contributed by atoms with Crippen LogP contribution in [0.2, 0.25) is 0 Å². The van der Waals surface area contributed by atoms with Gasteiger partial charge in [-0.3, -0.25) is 14.9 Å². The number of carboxylic acids is 1. The molecule has 4 rings (SSSR count). The summed E-state index contributed by atoms with van der Waals surface area (Å²) in [6, 6.07) is 13.6. The smallest absolute Gasteiger partial charge is 0.373 e. The van der Waals surface area contributed by atoms with Gasteiger partial charge in [0.15, 0.2) is 0 Å². The molecular formula is C23H17FN2O7S. The summed E-state index contributed by atoms with van der Waals surface area (Å²) in [6.45, 7) is -0.320. The predicted molar refractivity (Wildman–Crippen MR) is 118 cm³/mol. The van der Waals surface area contributed by atoms with Crippen LogP contribution in [-0.2, 0) is 32.6 Å². The summed E-state index contributed by atoms with van der Waals surface area (Å²) in [7, 11) is -4.31. The van der Waals surface area contributed by atoms with Crippen molar-refractivity contribution in [2.24, 2.45) is 0 Å². The van der Waals surface area contributed by atoms with Crippen molar-refractivity contribution < 1.29 is 32.4 Å². The summed E-state index contributed by atoms with van der Waals surface area (Å²) < 4.78 is 40.8. The van der Waals surface area contributed by atoms with Crippen molar-refractivity contribution in [1.29, 1.82) is 0 Å². The van der Waals surface area contributed by atoms with Gasteiger partial charge in [0.25, 0.3) is 11.5 Å². The Balaban J connectivity index is 1.72. The second-order valence-electron chi connectivity index (χ2n) is 7.68. The maximum Gasteiger partial charge on any atom is 0.373 e. The van der Waals surface area contributed by atoms with Gasteiger partial charge in [0.1, 0.15) is 5.82 Å². The predicted octanol–water partition coefficient (Wildman–Crippen LogP) is 3.17. The number of Topliss-reactive ketones (excluding diaryl/α,β-unsaturated/α-hetero) is 1. The van der Waals surface area contributed by atoms with Crippen molar-refractivity contribution in [3.63, 3.8) is 0 Å². The molecule has 0 saturated heterocycles. The van der Waals surface area contributed by atoms with E-state index in [-0.39, 0.29) is 23.5 Å². The van der Waals surface area contributed by atoms with Gasteiger partial charge in [-0.15, -0.1) is 0 Å². The molecular weight excluding hydrogens is 467 g/mol. The SMILES string of the molecule is O=C(O)C(=O)[C@H]1Cc2cc([N+](=O)[O-])ccc2CN1S(=O)(=O)c1ccc(-c2ccc(F)cc2)cc1. The normalized spacial score (nSPS) is 16.0. The van der Waals surface area contributed by atoms with E-state index in [2.05, 4.69) is 0 Å². The lowest BCUT2D eigenvalue weighted by Gasteiger charge is -2.34. The average Bonchev–Trinajstić information content (AvgIpc) is 2.82. The molecule has 0 aromatic heterocycles. The molecule has 0 bridgehead atoms. The van der Waals surface area contributed by atoms with Crippen LogP contribution in [0.4, 0.5) is 10.1 Å². The molecule has 0 saturated carbocycles. The highest BCUT2D eigenvalue weighted by molar-refractivity contribution is 7.89. The maximum atomic E-state index is 13.4. The van der Waals surface area contributed by atoms with Crippen LogP contribution < -0.4 is 0 Å². The van der Waals surface area contributed by atoms with E-state index in [4.69, 9.17) is 0 Å². The molecule has 1 aliphatic rings. The summed E-state index contributed by atoms with van der Waals surface area (Å²) >= 11 is 0. The van der Waals surface area contributed by atoms with Crippen LogP contribution in [0, 0.1) is 15.9 Å². The van der Waals surface area contributed by atoms with E-state index in [1.165, 1.54) is 54.6 Å². The summed E-state index contributed by atoms with van der Waals surface area (Å²) in [4.78, 5) is 34.1. The van der Waals surface area contributed by atoms with Crippen LogP contribution in [-0.4, -0.2) is 40.5 Å². The molecule has 9 nitrogen and oxygen atoms in total. The first kappa shape index (κ1) is 23.2. The molecule has 0 unspecified atom stereocenters. The van der Waals surface area contributed by atoms with Crippen LogP contribution in [0.15, 0.2) is 71.6 Å². The van der Waals surface area contributed by atoms with Gasteiger partial charge in [-0.05, 0) is 52.9 Å². The quantitative estimate of drug-likeness (QED) is 0.323. The fourth-order valence-electron chi connectivity index (χ4n) is 3.87. The van der Waals surface area contributed by atoms with Crippen LogP contribution in [0.5, 0.6) is 0 Å². The number of hydrogen-bond acceptors (Lipinski definition) is 6. The molecule has 34 heavy (non-hydrogen) atoms. The van der Waals surface area contributed by atoms with Crippen molar-refractivity contribution in [3.05, 3.63) is 93.8 Å². The Bertz CT molecular complexity index is 1400. The summed E-state index contributed by atoms with van der Waals surface area (Å²) in [5, 5.41) is 20.3. The van der Waals surface area contributed by atoms with Crippen LogP contribution in [0.3, 0.4) is 0 Å². The van der Waals surface area contributed by atoms with E-state index >= 15 is 0 Å². The summed E-state index contributed by atoms with van der Waals surface area (Å²) in [5.74, 6) is -3.54. The third kappa shape index (κ3) is 4.30. The van der Waals surface area contributed by atoms with E-state index < -0.39 is 38.6 Å². The first-order chi connectivity index (χ1) is 16.1. The Labute approximate surface area is 193 Å². The Morgan fingerprint density at radius 2 is 1.56 bits per heavy atom. The van der Waals surface area contributed by atoms with E-state index in [1.807, 2.05) is 0 Å². The monoisotopic (exact) mass is 484 g/mol. The zero-order valence-electron chi connectivity index (χ0n) is 17.4. The third-order valence-electron chi connectivity index (χ3n) is 5.64. The molecule has 0 aliphatic carbocycles. The fourth-order valence-corrected chi connectivity index (χ4v) is 5.44. The number of nitro benzene ring substituents is 1. The Morgan fingerprint density at radius 3 is 2.12 bits per heavy atom. The van der Waals surface area contributed by atoms with E-state index in [0.29, 0.717) is 22.3 Å². The largest absolute Gasteiger partial charge is 0.475 e. The summed E-state index contributed by atoms with van der Waals surface area (Å²) in [6.07, 6.45) is -0.310. The Kier molecular flexibility index (Phi) is 5.98. The topological polar surface area (TPSA) is 135 Å². The number of non-ortho nitro benzene ring substituents is 1. The van der Waals surface area contributed by atoms with Crippen LogP contribution >= 0.6 is 0 Å². The lowest BCUT2D eigenvalue weighted by atomic mass is 9.93. The lowest BCUT2D eigenvalue weighted by Crippen LogP contribution is -2.50. The number of benzene rings is 3. The van der Waals surface area contributed by atoms with Crippen LogP contribution in [0.25, 0.3) is 11.1 Å². The van der Waals surface area contributed by atoms with E-state index in [1.54, 1.807) is 12.1 Å². The molecule has 0 fully saturated rings. The minimum Gasteiger partial charge on any atom is -0.475 e. The average molecular weight is 484 g/mol. The molecule has 1 aliphatic heterocycles. The van der Waals surface area contributed by atoms with Crippen molar-refractivity contribution >= 4 is 27.5 Å². The number of rotatable bonds is 6. The molecule has 174 valence electrons. The fraction of sp³-hybridized carbons (Fsp3) is 0.130. The molecule has 0 spiro atoms. The number of aliphatic carboxylic acids is 1. The number of ketones is 1. The molecule has 0 amide bonds. The van der Waals surface area contributed by atoms with E-state index in [9.17, 15) is 37.6 Å². The number of carbonyl (C=O) groups is 2. The van der Waals surface area contributed by atoms with Crippen molar-refractivity contribution in [2.45, 2.75) is 23.9 Å². The summed E-state index contributed by atoms with van der Waals surface area (Å²) in [5.41, 5.74) is 1.83. The first-order valence-corrected chi connectivity index (χ1v) is 11.4. The van der Waals surface area contributed by atoms with E-state index in [0.717, 1.165) is 4.31 Å². The molecule has 1 N–H and O–H groups in total. The highest BCUT2D eigenvalue weighted by atomic mass is 32.2. The molecule has 0 radical (unpaired) electrons. The maximum absolute atomic E-state index is 13.4. The molecule has 3 aromatic rings. The van der Waals surface area contributed by atoms with Crippen molar-refractivity contribution in [1.82, 2.24) is 4.31 Å². The van der Waals surface area contributed by atoms with Gasteiger partial charge < -0.3 is 5.11 Å². The zero-order chi connectivity index (χ0) is 24.6. The van der Waals surface area contributed by atoms with Gasteiger partial charge in [0, 0.05) is 18.7 Å². The molecule has 1 atom stereocenters. The zero-order valence-corrected chi connectivity index (χ0v) is 18.2. The van der Waals surface area contributed by atoms with Gasteiger partial charge in [-0.25, -0.2) is 17.6 Å². The highest BCUT2D eigenvalue weighted by Gasteiger charge is 2.42. The van der Waals surface area contributed by atoms with Crippen molar-refractivity contribution in [2.75, 3.05) is 0 Å². The number of carbonyl (C=O) groups excluding carboxylic acids is 1. The standard InChI is InChI=1S/C23H17FN2O7S/c24-18-6-1-14(2-7-18)15-4-9-20(10-5-15)34(32,33)25-13-16-3-8-19(26(30)31)11-17(16)12-21(25)22(27)23(28)29/h1-11,21H,12-13H2,(H,28,29)/t21-/m1/s1. The molecule has 3 aromatic carbocycles. The third-order valence-corrected chi connectivity index (χ3v) is 7.51. The van der Waals surface area contributed by atoms with Gasteiger partial charge in [0.05, 0.1) is 15.9 Å². The number of fused-ring (bicyclic) bond motifs is 1. The van der Waals surface area contributed by atoms with Gasteiger partial charge in [-0.2, -0.15) is 4.31 Å². The Hall–Kier alpha value is -3.96. The number of halogens is 1. The minimum absolute atomic E-state index is 0.160. The number of nitrogens with zero attached hydrogens (tertiary/aromatic N) is 2. The van der Waals surface area contributed by atoms with Gasteiger partial charge >= 0.3 is 5.97 Å². The Morgan fingerprint density at radius 1 is 0.971 bits per heavy atom. The van der Waals surface area contributed by atoms with Gasteiger partial charge in [-0.1, -0.05) is 30.3 Å². The lowest BCUT2D eigenvalue weighted by molar-refractivity contribution is -0.384. The second-order valence-corrected chi connectivity index (χ2v) is 9.57. The van der Waals surface area contributed by atoms with Crippen molar-refractivity contribution in [3.8, 4) is 11.1 Å². The number of sulfonamides is 1. The second kappa shape index (κ2) is 8.76. The molecule has 11 heteroatoms. The highest BCUT2D eigenvalue weighted by Crippen LogP contribution is 2.32. The first-order valence-electron chi connectivity index (χ1n) is 9.99. The van der Waals surface area contributed by atoms with Crippen LogP contribution in [0.1, 0.15) is 11.1 Å². The number of nitro groups is 1. The number of hydrogen-bond donors (Lipinski definition) is 1. The van der Waals surface area contributed by atoms with Gasteiger partial charge in [0.2, 0.25) is 10.0 Å².